The molecule has 0 radical (unpaired) electrons. The molecule has 0 aliphatic carbocycles. The lowest BCUT2D eigenvalue weighted by Gasteiger charge is -2.21. The standard InChI is InChI=1S/C77H150O17P2/c1-9-68(6)54-46-38-30-24-20-18-16-14-12-13-15-17-19-21-26-32-41-49-57-74(79)87-63-72(93-76(81)59-51-43-33-27-23-22-25-31-39-47-55-69(7)10-2)65-91-95(83,84)89-61-71(78)62-90-96(85,86)92-66-73(94-77(82)60-52-44-34-28-29-37-45-53-67(4)5)64-88-75(80)58-50-42-36-35-40-48-56-70(8)11-3/h67-73,78H,9-66H2,1-8H3,(H,83,84)(H,85,86)/t68?,69?,70?,71-,72-,73-/m1/s1. The zero-order valence-corrected chi connectivity index (χ0v) is 64.8. The summed E-state index contributed by atoms with van der Waals surface area (Å²) in [5, 5.41) is 10.6. The van der Waals surface area contributed by atoms with Crippen molar-refractivity contribution in [3.05, 3.63) is 0 Å². The summed E-state index contributed by atoms with van der Waals surface area (Å²) < 4.78 is 68.5. The summed E-state index contributed by atoms with van der Waals surface area (Å²) in [5.41, 5.74) is 0. The molecule has 19 heteroatoms. The van der Waals surface area contributed by atoms with Gasteiger partial charge in [-0.2, -0.15) is 0 Å². The van der Waals surface area contributed by atoms with Crippen molar-refractivity contribution in [2.24, 2.45) is 23.7 Å². The Morgan fingerprint density at radius 1 is 0.292 bits per heavy atom. The molecule has 0 heterocycles. The fourth-order valence-electron chi connectivity index (χ4n) is 11.6. The van der Waals surface area contributed by atoms with E-state index in [1.54, 1.807) is 0 Å². The molecular formula is C77H150O17P2. The van der Waals surface area contributed by atoms with Crippen LogP contribution in [0.2, 0.25) is 0 Å². The Hall–Kier alpha value is -1.94. The maximum absolute atomic E-state index is 13.1. The minimum Gasteiger partial charge on any atom is -0.462 e. The van der Waals surface area contributed by atoms with Gasteiger partial charge in [-0.05, 0) is 49.4 Å². The minimum absolute atomic E-state index is 0.102. The quantitative estimate of drug-likeness (QED) is 0.0222. The Bertz CT molecular complexity index is 1890. The fourth-order valence-corrected chi connectivity index (χ4v) is 13.2. The van der Waals surface area contributed by atoms with Gasteiger partial charge in [-0.15, -0.1) is 0 Å². The Labute approximate surface area is 588 Å². The van der Waals surface area contributed by atoms with Crippen molar-refractivity contribution in [3.8, 4) is 0 Å². The van der Waals surface area contributed by atoms with Crippen LogP contribution in [0.25, 0.3) is 0 Å². The number of phosphoric acid groups is 2. The summed E-state index contributed by atoms with van der Waals surface area (Å²) >= 11 is 0. The predicted octanol–water partition coefficient (Wildman–Crippen LogP) is 22.4. The monoisotopic (exact) mass is 1410 g/mol. The zero-order valence-electron chi connectivity index (χ0n) is 63.0. The zero-order chi connectivity index (χ0) is 71.0. The topological polar surface area (TPSA) is 237 Å². The summed E-state index contributed by atoms with van der Waals surface area (Å²) in [5.74, 6) is 0.979. The van der Waals surface area contributed by atoms with E-state index in [9.17, 15) is 43.2 Å². The highest BCUT2D eigenvalue weighted by molar-refractivity contribution is 7.47. The third kappa shape index (κ3) is 66.6. The molecule has 0 amide bonds. The van der Waals surface area contributed by atoms with E-state index in [-0.39, 0.29) is 25.7 Å². The first-order chi connectivity index (χ1) is 46.2. The number of phosphoric ester groups is 2. The number of rotatable bonds is 74. The minimum atomic E-state index is -4.96. The smallest absolute Gasteiger partial charge is 0.462 e. The lowest BCUT2D eigenvalue weighted by Crippen LogP contribution is -2.30. The van der Waals surface area contributed by atoms with Crippen LogP contribution >= 0.6 is 15.6 Å². The summed E-state index contributed by atoms with van der Waals surface area (Å²) in [4.78, 5) is 72.8. The molecule has 0 aliphatic heterocycles. The van der Waals surface area contributed by atoms with Gasteiger partial charge in [0, 0.05) is 25.7 Å². The van der Waals surface area contributed by atoms with Gasteiger partial charge >= 0.3 is 39.5 Å². The van der Waals surface area contributed by atoms with Crippen LogP contribution in [-0.4, -0.2) is 96.7 Å². The first kappa shape index (κ1) is 94.1. The van der Waals surface area contributed by atoms with Gasteiger partial charge in [0.1, 0.15) is 19.3 Å². The lowest BCUT2D eigenvalue weighted by atomic mass is 9.99. The molecule has 0 aromatic carbocycles. The van der Waals surface area contributed by atoms with Crippen molar-refractivity contribution >= 4 is 39.5 Å². The highest BCUT2D eigenvalue weighted by Crippen LogP contribution is 2.45. The third-order valence-electron chi connectivity index (χ3n) is 18.9. The Morgan fingerprint density at radius 3 is 0.740 bits per heavy atom. The van der Waals surface area contributed by atoms with Crippen LogP contribution in [-0.2, 0) is 65.4 Å². The first-order valence-corrected chi connectivity index (χ1v) is 42.8. The molecule has 570 valence electrons. The Balaban J connectivity index is 5.17. The molecule has 17 nitrogen and oxygen atoms in total. The van der Waals surface area contributed by atoms with Crippen LogP contribution in [0.5, 0.6) is 0 Å². The molecule has 5 unspecified atom stereocenters. The average Bonchev–Trinajstić information content (AvgIpc) is 1.61. The van der Waals surface area contributed by atoms with Gasteiger partial charge in [0.05, 0.1) is 26.4 Å². The van der Waals surface area contributed by atoms with E-state index in [0.717, 1.165) is 114 Å². The number of hydrogen-bond donors (Lipinski definition) is 3. The predicted molar refractivity (Wildman–Crippen MR) is 391 cm³/mol. The van der Waals surface area contributed by atoms with Crippen LogP contribution < -0.4 is 0 Å². The molecule has 0 aromatic heterocycles. The molecule has 3 N–H and O–H groups in total. The van der Waals surface area contributed by atoms with Crippen LogP contribution in [0.15, 0.2) is 0 Å². The van der Waals surface area contributed by atoms with Crippen molar-refractivity contribution in [2.75, 3.05) is 39.6 Å². The van der Waals surface area contributed by atoms with E-state index in [1.165, 1.54) is 186 Å². The van der Waals surface area contributed by atoms with Gasteiger partial charge in [0.25, 0.3) is 0 Å². The molecule has 0 spiro atoms. The van der Waals surface area contributed by atoms with Gasteiger partial charge in [-0.1, -0.05) is 338 Å². The summed E-state index contributed by atoms with van der Waals surface area (Å²) in [6.45, 7) is 14.2. The van der Waals surface area contributed by atoms with Crippen LogP contribution in [0.3, 0.4) is 0 Å². The maximum Gasteiger partial charge on any atom is 0.472 e. The summed E-state index contributed by atoms with van der Waals surface area (Å²) in [6.07, 6.45) is 51.5. The molecule has 0 fully saturated rings. The van der Waals surface area contributed by atoms with Crippen LogP contribution in [0.1, 0.15) is 389 Å². The number of esters is 4. The van der Waals surface area contributed by atoms with Gasteiger partial charge in [-0.3, -0.25) is 37.3 Å². The first-order valence-electron chi connectivity index (χ1n) is 39.8. The average molecular weight is 1410 g/mol. The Kier molecular flexibility index (Phi) is 65.0. The Morgan fingerprint density at radius 2 is 0.500 bits per heavy atom. The van der Waals surface area contributed by atoms with Gasteiger partial charge in [-0.25, -0.2) is 9.13 Å². The van der Waals surface area contributed by atoms with E-state index < -0.39 is 97.5 Å². The molecule has 0 aromatic rings. The number of aliphatic hydroxyl groups is 1. The van der Waals surface area contributed by atoms with Crippen LogP contribution in [0.4, 0.5) is 0 Å². The van der Waals surface area contributed by atoms with Gasteiger partial charge in [0.2, 0.25) is 0 Å². The second-order valence-electron chi connectivity index (χ2n) is 28.9. The highest BCUT2D eigenvalue weighted by Gasteiger charge is 2.30. The van der Waals surface area contributed by atoms with Crippen molar-refractivity contribution < 1.29 is 80.2 Å². The van der Waals surface area contributed by atoms with Gasteiger partial charge in [0.15, 0.2) is 12.2 Å². The van der Waals surface area contributed by atoms with E-state index in [2.05, 4.69) is 55.4 Å². The van der Waals surface area contributed by atoms with E-state index in [1.807, 2.05) is 0 Å². The lowest BCUT2D eigenvalue weighted by molar-refractivity contribution is -0.161. The fraction of sp³-hybridized carbons (Fsp3) is 0.948. The number of carbonyl (C=O) groups is 4. The number of hydrogen-bond acceptors (Lipinski definition) is 15. The largest absolute Gasteiger partial charge is 0.472 e. The second-order valence-corrected chi connectivity index (χ2v) is 31.9. The number of unbranched alkanes of at least 4 members (excludes halogenated alkanes) is 37. The van der Waals surface area contributed by atoms with E-state index in [4.69, 9.17) is 37.0 Å². The third-order valence-corrected chi connectivity index (χ3v) is 20.8. The molecule has 96 heavy (non-hydrogen) atoms. The summed E-state index contributed by atoms with van der Waals surface area (Å²) in [6, 6.07) is 0. The molecule has 0 bridgehead atoms. The normalized spacial score (nSPS) is 15.0. The number of aliphatic hydroxyl groups excluding tert-OH is 1. The van der Waals surface area contributed by atoms with Crippen molar-refractivity contribution in [1.29, 1.82) is 0 Å². The van der Waals surface area contributed by atoms with Crippen molar-refractivity contribution in [1.82, 2.24) is 0 Å². The van der Waals surface area contributed by atoms with E-state index >= 15 is 0 Å². The van der Waals surface area contributed by atoms with Gasteiger partial charge < -0.3 is 33.8 Å². The second kappa shape index (κ2) is 66.3. The molecule has 0 saturated heterocycles. The summed E-state index contributed by atoms with van der Waals surface area (Å²) in [7, 11) is -9.91. The van der Waals surface area contributed by atoms with Crippen LogP contribution in [0, 0.1) is 23.7 Å². The molecule has 0 saturated carbocycles. The SMILES string of the molecule is CCC(C)CCCCCCCCCCCCCCCCCCCCC(=O)OC[C@H](COP(=O)(O)OC[C@@H](O)COP(=O)(O)OC[C@@H](COC(=O)CCCCCCCCC(C)CC)OC(=O)CCCCCCCCCC(C)C)OC(=O)CCCCCCCCCCCCC(C)CC. The number of carbonyl (C=O) groups excluding carboxylic acids is 4. The molecule has 0 rings (SSSR count). The molecule has 8 atom stereocenters. The van der Waals surface area contributed by atoms with Crippen molar-refractivity contribution in [2.45, 2.75) is 408 Å². The van der Waals surface area contributed by atoms with Crippen molar-refractivity contribution in [3.63, 3.8) is 0 Å². The number of ether oxygens (including phenoxy) is 4. The highest BCUT2D eigenvalue weighted by atomic mass is 31.2. The van der Waals surface area contributed by atoms with E-state index in [0.29, 0.717) is 31.6 Å². The maximum atomic E-state index is 13.1. The molecule has 0 aliphatic rings. The molecular weight excluding hydrogens is 1260 g/mol.